The van der Waals surface area contributed by atoms with Gasteiger partial charge in [-0.25, -0.2) is 0 Å². The number of pyridine rings is 1. The number of benzene rings is 1. The van der Waals surface area contributed by atoms with E-state index >= 15 is 0 Å². The quantitative estimate of drug-likeness (QED) is 0.930. The van der Waals surface area contributed by atoms with Crippen LogP contribution in [0, 0.1) is 6.92 Å². The van der Waals surface area contributed by atoms with E-state index < -0.39 is 0 Å². The summed E-state index contributed by atoms with van der Waals surface area (Å²) in [6, 6.07) is 12.2. The second-order valence-electron chi connectivity index (χ2n) is 6.36. The van der Waals surface area contributed by atoms with Gasteiger partial charge in [0.05, 0.1) is 11.4 Å². The van der Waals surface area contributed by atoms with Gasteiger partial charge in [-0.1, -0.05) is 39.0 Å². The Balaban J connectivity index is 2.21. The highest BCUT2D eigenvalue weighted by atomic mass is 16.5. The molecule has 0 spiro atoms. The van der Waals surface area contributed by atoms with Gasteiger partial charge in [0.1, 0.15) is 12.4 Å². The molecule has 0 saturated carbocycles. The third-order valence-corrected chi connectivity index (χ3v) is 3.39. The van der Waals surface area contributed by atoms with Crippen molar-refractivity contribution in [3.8, 4) is 5.75 Å². The Labute approximate surface area is 127 Å². The molecule has 21 heavy (non-hydrogen) atoms. The van der Waals surface area contributed by atoms with E-state index in [1.165, 1.54) is 11.1 Å². The van der Waals surface area contributed by atoms with Crippen molar-refractivity contribution in [2.45, 2.75) is 46.3 Å². The van der Waals surface area contributed by atoms with Crippen molar-refractivity contribution < 1.29 is 4.74 Å². The molecule has 2 rings (SSSR count). The van der Waals surface area contributed by atoms with Crippen LogP contribution in [0.2, 0.25) is 0 Å². The molecule has 112 valence electrons. The first-order chi connectivity index (χ1) is 9.90. The fraction of sp³-hybridized carbons (Fsp3) is 0.389. The SMILES string of the molecule is Cc1ccc(C(C)(C)C)c(OCc2cccc(CN)n2)c1. The van der Waals surface area contributed by atoms with Gasteiger partial charge in [0.2, 0.25) is 0 Å². The van der Waals surface area contributed by atoms with Crippen LogP contribution in [-0.2, 0) is 18.6 Å². The molecule has 0 fully saturated rings. The lowest BCUT2D eigenvalue weighted by Crippen LogP contribution is -2.14. The fourth-order valence-corrected chi connectivity index (χ4v) is 2.24. The predicted octanol–water partition coefficient (Wildman–Crippen LogP) is 3.73. The van der Waals surface area contributed by atoms with Crippen LogP contribution in [0.5, 0.6) is 5.75 Å². The Hall–Kier alpha value is -1.87. The first kappa shape index (κ1) is 15.5. The molecular weight excluding hydrogens is 260 g/mol. The van der Waals surface area contributed by atoms with Crippen LogP contribution in [0.15, 0.2) is 36.4 Å². The maximum atomic E-state index is 6.03. The number of ether oxygens (including phenoxy) is 1. The molecule has 0 aliphatic carbocycles. The molecule has 0 saturated heterocycles. The second-order valence-corrected chi connectivity index (χ2v) is 6.36. The van der Waals surface area contributed by atoms with Gasteiger partial charge in [-0.2, -0.15) is 0 Å². The highest BCUT2D eigenvalue weighted by Crippen LogP contribution is 2.32. The van der Waals surface area contributed by atoms with Crippen molar-refractivity contribution in [1.82, 2.24) is 4.98 Å². The van der Waals surface area contributed by atoms with Gasteiger partial charge >= 0.3 is 0 Å². The van der Waals surface area contributed by atoms with Crippen LogP contribution in [-0.4, -0.2) is 4.98 Å². The maximum Gasteiger partial charge on any atom is 0.130 e. The summed E-state index contributed by atoms with van der Waals surface area (Å²) in [6.07, 6.45) is 0. The minimum Gasteiger partial charge on any atom is -0.487 e. The molecule has 2 N–H and O–H groups in total. The van der Waals surface area contributed by atoms with Crippen molar-refractivity contribution in [2.75, 3.05) is 0 Å². The topological polar surface area (TPSA) is 48.1 Å². The van der Waals surface area contributed by atoms with Gasteiger partial charge in [0.15, 0.2) is 0 Å². The molecule has 3 heteroatoms. The highest BCUT2D eigenvalue weighted by molar-refractivity contribution is 5.41. The van der Waals surface area contributed by atoms with Crippen LogP contribution in [0.4, 0.5) is 0 Å². The van der Waals surface area contributed by atoms with Crippen LogP contribution in [0.3, 0.4) is 0 Å². The summed E-state index contributed by atoms with van der Waals surface area (Å²) in [4.78, 5) is 4.47. The number of nitrogens with zero attached hydrogens (tertiary/aromatic N) is 1. The predicted molar refractivity (Wildman–Crippen MR) is 86.3 cm³/mol. The minimum absolute atomic E-state index is 0.0512. The molecule has 0 aliphatic rings. The molecule has 0 radical (unpaired) electrons. The zero-order valence-corrected chi connectivity index (χ0v) is 13.3. The van der Waals surface area contributed by atoms with E-state index in [9.17, 15) is 0 Å². The monoisotopic (exact) mass is 284 g/mol. The molecule has 2 aromatic rings. The van der Waals surface area contributed by atoms with Crippen molar-refractivity contribution in [2.24, 2.45) is 5.73 Å². The van der Waals surface area contributed by atoms with E-state index in [-0.39, 0.29) is 5.41 Å². The average molecular weight is 284 g/mol. The summed E-state index contributed by atoms with van der Waals surface area (Å²) in [7, 11) is 0. The Morgan fingerprint density at radius 3 is 2.48 bits per heavy atom. The lowest BCUT2D eigenvalue weighted by atomic mass is 9.86. The summed E-state index contributed by atoms with van der Waals surface area (Å²) < 4.78 is 6.03. The number of nitrogens with two attached hydrogens (primary N) is 1. The van der Waals surface area contributed by atoms with Crippen LogP contribution in [0.1, 0.15) is 43.3 Å². The Morgan fingerprint density at radius 1 is 1.10 bits per heavy atom. The Kier molecular flexibility index (Phi) is 4.63. The molecule has 0 atom stereocenters. The van der Waals surface area contributed by atoms with E-state index in [0.717, 1.165) is 17.1 Å². The van der Waals surface area contributed by atoms with E-state index in [0.29, 0.717) is 13.2 Å². The first-order valence-corrected chi connectivity index (χ1v) is 7.29. The average Bonchev–Trinajstić information content (AvgIpc) is 2.44. The summed E-state index contributed by atoms with van der Waals surface area (Å²) >= 11 is 0. The number of aromatic nitrogens is 1. The minimum atomic E-state index is 0.0512. The highest BCUT2D eigenvalue weighted by Gasteiger charge is 2.19. The van der Waals surface area contributed by atoms with Crippen molar-refractivity contribution in [3.05, 3.63) is 58.9 Å². The molecule has 1 aromatic carbocycles. The molecule has 0 unspecified atom stereocenters. The number of aryl methyl sites for hydroxylation is 1. The van der Waals surface area contributed by atoms with Crippen LogP contribution in [0.25, 0.3) is 0 Å². The summed E-state index contributed by atoms with van der Waals surface area (Å²) in [5.41, 5.74) is 9.87. The largest absolute Gasteiger partial charge is 0.487 e. The van der Waals surface area contributed by atoms with Gasteiger partial charge in [-0.15, -0.1) is 0 Å². The number of hydrogen-bond donors (Lipinski definition) is 1. The Bertz CT molecular complexity index is 615. The third-order valence-electron chi connectivity index (χ3n) is 3.39. The first-order valence-electron chi connectivity index (χ1n) is 7.29. The fourth-order valence-electron chi connectivity index (χ4n) is 2.24. The summed E-state index contributed by atoms with van der Waals surface area (Å²) in [5, 5.41) is 0. The van der Waals surface area contributed by atoms with Crippen molar-refractivity contribution in [1.29, 1.82) is 0 Å². The number of hydrogen-bond acceptors (Lipinski definition) is 3. The van der Waals surface area contributed by atoms with Gasteiger partial charge in [-0.05, 0) is 41.7 Å². The normalized spacial score (nSPS) is 11.5. The van der Waals surface area contributed by atoms with Crippen LogP contribution < -0.4 is 10.5 Å². The maximum absolute atomic E-state index is 6.03. The molecular formula is C18H24N2O. The molecule has 0 aliphatic heterocycles. The van der Waals surface area contributed by atoms with Gasteiger partial charge in [0, 0.05) is 6.54 Å². The van der Waals surface area contributed by atoms with Gasteiger partial charge in [0.25, 0.3) is 0 Å². The van der Waals surface area contributed by atoms with E-state index in [2.05, 4.69) is 50.9 Å². The smallest absolute Gasteiger partial charge is 0.130 e. The van der Waals surface area contributed by atoms with E-state index in [4.69, 9.17) is 10.5 Å². The zero-order valence-electron chi connectivity index (χ0n) is 13.3. The standard InChI is InChI=1S/C18H24N2O/c1-13-8-9-16(18(2,3)4)17(10-13)21-12-15-7-5-6-14(11-19)20-15/h5-10H,11-12,19H2,1-4H3. The zero-order chi connectivity index (χ0) is 15.5. The third kappa shape index (κ3) is 4.05. The van der Waals surface area contributed by atoms with Crippen molar-refractivity contribution >= 4 is 0 Å². The molecule has 1 aromatic heterocycles. The van der Waals surface area contributed by atoms with E-state index in [1.54, 1.807) is 0 Å². The summed E-state index contributed by atoms with van der Waals surface area (Å²) in [5.74, 6) is 0.933. The molecule has 0 amide bonds. The molecule has 0 bridgehead atoms. The molecule has 1 heterocycles. The van der Waals surface area contributed by atoms with Gasteiger partial charge < -0.3 is 10.5 Å². The second kappa shape index (κ2) is 6.27. The van der Waals surface area contributed by atoms with Gasteiger partial charge in [-0.3, -0.25) is 4.98 Å². The lowest BCUT2D eigenvalue weighted by Gasteiger charge is -2.23. The van der Waals surface area contributed by atoms with E-state index in [1.807, 2.05) is 18.2 Å². The lowest BCUT2D eigenvalue weighted by molar-refractivity contribution is 0.292. The number of rotatable bonds is 4. The van der Waals surface area contributed by atoms with Crippen LogP contribution >= 0.6 is 0 Å². The Morgan fingerprint density at radius 2 is 1.81 bits per heavy atom. The molecule has 3 nitrogen and oxygen atoms in total. The summed E-state index contributed by atoms with van der Waals surface area (Å²) in [6.45, 7) is 9.56. The van der Waals surface area contributed by atoms with Crippen molar-refractivity contribution in [3.63, 3.8) is 0 Å².